The third-order valence-corrected chi connectivity index (χ3v) is 6.41. The molecule has 3 atom stereocenters. The molecule has 0 radical (unpaired) electrons. The van der Waals surface area contributed by atoms with Gasteiger partial charge in [-0.2, -0.15) is 15.1 Å². The van der Waals surface area contributed by atoms with Crippen LogP contribution in [0.1, 0.15) is 30.4 Å². The van der Waals surface area contributed by atoms with Crippen molar-refractivity contribution in [1.29, 1.82) is 0 Å². The van der Waals surface area contributed by atoms with E-state index in [2.05, 4.69) is 44.3 Å². The second-order valence-electron chi connectivity index (χ2n) is 8.64. The predicted octanol–water partition coefficient (Wildman–Crippen LogP) is 2.77. The van der Waals surface area contributed by atoms with E-state index in [0.717, 1.165) is 53.9 Å². The average molecular weight is 441 g/mol. The van der Waals surface area contributed by atoms with Crippen molar-refractivity contribution in [3.05, 3.63) is 35.5 Å². The van der Waals surface area contributed by atoms with Crippen molar-refractivity contribution in [1.82, 2.24) is 25.1 Å². The normalized spacial score (nSPS) is 24.1. The van der Waals surface area contributed by atoms with Crippen LogP contribution in [0.15, 0.2) is 24.4 Å². The average Bonchev–Trinajstić information content (AvgIpc) is 3.21. The molecule has 0 unspecified atom stereocenters. The van der Waals surface area contributed by atoms with E-state index < -0.39 is 6.17 Å². The van der Waals surface area contributed by atoms with Crippen LogP contribution in [0, 0.1) is 6.92 Å². The van der Waals surface area contributed by atoms with Gasteiger partial charge < -0.3 is 19.7 Å². The Bertz CT molecular complexity index is 1120. The van der Waals surface area contributed by atoms with Crippen LogP contribution in [0.2, 0.25) is 0 Å². The molecule has 170 valence electrons. The van der Waals surface area contributed by atoms with E-state index in [4.69, 9.17) is 9.47 Å². The molecule has 0 spiro atoms. The summed E-state index contributed by atoms with van der Waals surface area (Å²) in [6, 6.07) is 6.38. The van der Waals surface area contributed by atoms with Crippen molar-refractivity contribution in [2.75, 3.05) is 44.8 Å². The van der Waals surface area contributed by atoms with Gasteiger partial charge in [0.05, 0.1) is 31.5 Å². The lowest BCUT2D eigenvalue weighted by Gasteiger charge is -2.32. The third-order valence-electron chi connectivity index (χ3n) is 6.41. The first-order valence-corrected chi connectivity index (χ1v) is 11.2. The monoisotopic (exact) mass is 440 g/mol. The first kappa shape index (κ1) is 21.1. The number of aromatic nitrogens is 4. The van der Waals surface area contributed by atoms with Crippen molar-refractivity contribution >= 4 is 16.7 Å². The number of fused-ring (bicyclic) bond motifs is 1. The fraction of sp³-hybridized carbons (Fsp3) is 0.522. The van der Waals surface area contributed by atoms with Crippen molar-refractivity contribution in [3.8, 4) is 11.8 Å². The Hall–Kier alpha value is -2.78. The number of methoxy groups -OCH3 is 1. The summed E-state index contributed by atoms with van der Waals surface area (Å²) in [5.74, 6) is 1.28. The number of aryl methyl sites for hydroxylation is 1. The zero-order valence-corrected chi connectivity index (χ0v) is 18.7. The van der Waals surface area contributed by atoms with Crippen LogP contribution in [0.3, 0.4) is 0 Å². The predicted molar refractivity (Wildman–Crippen MR) is 121 cm³/mol. The Balaban J connectivity index is 1.58. The number of rotatable bonds is 4. The second-order valence-corrected chi connectivity index (χ2v) is 8.64. The zero-order chi connectivity index (χ0) is 22.2. The van der Waals surface area contributed by atoms with Gasteiger partial charge in [-0.3, -0.25) is 0 Å². The minimum absolute atomic E-state index is 0.116. The Labute approximate surface area is 186 Å². The molecule has 0 aliphatic carbocycles. The Morgan fingerprint density at radius 3 is 2.84 bits per heavy atom. The van der Waals surface area contributed by atoms with Gasteiger partial charge in [-0.15, -0.1) is 0 Å². The van der Waals surface area contributed by atoms with Crippen LogP contribution in [0.25, 0.3) is 16.7 Å². The molecule has 1 N–H and O–H groups in total. The maximum Gasteiger partial charge on any atom is 0.320 e. The number of hydrogen-bond donors (Lipinski definition) is 1. The van der Waals surface area contributed by atoms with Gasteiger partial charge in [-0.25, -0.2) is 9.07 Å². The van der Waals surface area contributed by atoms with Crippen molar-refractivity contribution in [2.45, 2.75) is 38.5 Å². The maximum absolute atomic E-state index is 14.7. The Morgan fingerprint density at radius 1 is 1.22 bits per heavy atom. The van der Waals surface area contributed by atoms with E-state index in [9.17, 15) is 4.39 Å². The number of nitrogens with zero attached hydrogens (tertiary/aromatic N) is 5. The first-order valence-electron chi connectivity index (χ1n) is 11.2. The Kier molecular flexibility index (Phi) is 5.69. The van der Waals surface area contributed by atoms with Crippen molar-refractivity contribution in [3.63, 3.8) is 0 Å². The summed E-state index contributed by atoms with van der Waals surface area (Å²) >= 11 is 0. The number of alkyl halides is 1. The fourth-order valence-corrected chi connectivity index (χ4v) is 4.75. The van der Waals surface area contributed by atoms with Gasteiger partial charge >= 0.3 is 6.01 Å². The molecule has 2 aliphatic rings. The quantitative estimate of drug-likeness (QED) is 0.668. The van der Waals surface area contributed by atoms with Crippen LogP contribution in [-0.2, 0) is 4.74 Å². The number of ether oxygens (including phenoxy) is 2. The highest BCUT2D eigenvalue weighted by molar-refractivity contribution is 5.82. The summed E-state index contributed by atoms with van der Waals surface area (Å²) in [6.07, 6.45) is 1.84. The summed E-state index contributed by atoms with van der Waals surface area (Å²) in [5, 5.41) is 8.74. The molecule has 9 heteroatoms. The SMILES string of the molecule is COc1nc(N2CCO[C@@H](C)C2)cc(-n2ncc3cc(C)c([C@H]4CCNC[C@H]4F)cc32)n1. The molecule has 0 bridgehead atoms. The minimum Gasteiger partial charge on any atom is -0.467 e. The summed E-state index contributed by atoms with van der Waals surface area (Å²) in [5.41, 5.74) is 3.03. The van der Waals surface area contributed by atoms with Crippen molar-refractivity contribution in [2.24, 2.45) is 0 Å². The molecule has 2 saturated heterocycles. The zero-order valence-electron chi connectivity index (χ0n) is 18.7. The van der Waals surface area contributed by atoms with Crippen LogP contribution in [0.5, 0.6) is 6.01 Å². The number of piperidine rings is 1. The summed E-state index contributed by atoms with van der Waals surface area (Å²) in [7, 11) is 1.56. The third kappa shape index (κ3) is 3.91. The second kappa shape index (κ2) is 8.63. The van der Waals surface area contributed by atoms with E-state index in [1.165, 1.54) is 0 Å². The molecule has 0 saturated carbocycles. The van der Waals surface area contributed by atoms with Gasteiger partial charge in [0.25, 0.3) is 0 Å². The van der Waals surface area contributed by atoms with Gasteiger partial charge in [0.15, 0.2) is 5.82 Å². The smallest absolute Gasteiger partial charge is 0.320 e. The molecule has 1 aromatic carbocycles. The molecule has 3 aromatic rings. The van der Waals surface area contributed by atoms with Gasteiger partial charge in [0.2, 0.25) is 0 Å². The van der Waals surface area contributed by atoms with Crippen LogP contribution >= 0.6 is 0 Å². The highest BCUT2D eigenvalue weighted by Gasteiger charge is 2.28. The molecular formula is C23H29FN6O2. The van der Waals surface area contributed by atoms with Crippen LogP contribution in [0.4, 0.5) is 10.2 Å². The molecule has 0 amide bonds. The number of anilines is 1. The lowest BCUT2D eigenvalue weighted by atomic mass is 9.85. The van der Waals surface area contributed by atoms with Gasteiger partial charge in [-0.05, 0) is 50.1 Å². The first-order chi connectivity index (χ1) is 15.5. The van der Waals surface area contributed by atoms with Gasteiger partial charge in [0.1, 0.15) is 12.0 Å². The molecular weight excluding hydrogens is 411 g/mol. The number of hydrogen-bond acceptors (Lipinski definition) is 7. The summed E-state index contributed by atoms with van der Waals surface area (Å²) in [4.78, 5) is 11.3. The van der Waals surface area contributed by atoms with Gasteiger partial charge in [-0.1, -0.05) is 0 Å². The van der Waals surface area contributed by atoms with E-state index in [-0.39, 0.29) is 18.0 Å². The highest BCUT2D eigenvalue weighted by Crippen LogP contribution is 2.33. The molecule has 8 nitrogen and oxygen atoms in total. The highest BCUT2D eigenvalue weighted by atomic mass is 19.1. The maximum atomic E-state index is 14.7. The Morgan fingerprint density at radius 2 is 2.06 bits per heavy atom. The van der Waals surface area contributed by atoms with E-state index >= 15 is 0 Å². The van der Waals surface area contributed by atoms with Crippen molar-refractivity contribution < 1.29 is 13.9 Å². The molecule has 5 rings (SSSR count). The number of morpholine rings is 1. The molecule has 2 aromatic heterocycles. The van der Waals surface area contributed by atoms with Crippen LogP contribution < -0.4 is 15.0 Å². The number of benzene rings is 1. The molecule has 2 aliphatic heterocycles. The van der Waals surface area contributed by atoms with E-state index in [1.807, 2.05) is 19.2 Å². The number of halogens is 1. The molecule has 2 fully saturated rings. The minimum atomic E-state index is -0.898. The molecule has 32 heavy (non-hydrogen) atoms. The lowest BCUT2D eigenvalue weighted by Crippen LogP contribution is -2.41. The standard InChI is InChI=1S/C23H29FN6O2/c1-14-8-16-11-26-30(20(16)9-18(14)17-4-5-25-12-19(17)24)22-10-21(27-23(28-22)31-3)29-6-7-32-15(2)13-29/h8-11,15,17,19,25H,4-7,12-13H2,1-3H3/t15-,17+,19+/m0/s1. The van der Waals surface area contributed by atoms with Gasteiger partial charge in [0, 0.05) is 37.0 Å². The lowest BCUT2D eigenvalue weighted by molar-refractivity contribution is 0.0529. The largest absolute Gasteiger partial charge is 0.467 e. The summed E-state index contributed by atoms with van der Waals surface area (Å²) < 4.78 is 27.6. The molecule has 4 heterocycles. The van der Waals surface area contributed by atoms with E-state index in [1.54, 1.807) is 11.8 Å². The fourth-order valence-electron chi connectivity index (χ4n) is 4.75. The topological polar surface area (TPSA) is 77.3 Å². The summed E-state index contributed by atoms with van der Waals surface area (Å²) in [6.45, 7) is 7.47. The van der Waals surface area contributed by atoms with Crippen LogP contribution in [-0.4, -0.2) is 71.9 Å². The number of nitrogens with one attached hydrogen (secondary N) is 1. The van der Waals surface area contributed by atoms with E-state index in [0.29, 0.717) is 19.0 Å².